The summed E-state index contributed by atoms with van der Waals surface area (Å²) in [5.74, 6) is 0. The first kappa shape index (κ1) is 14.5. The molecule has 2 atom stereocenters. The minimum atomic E-state index is -3.53. The lowest BCUT2D eigenvalue weighted by atomic mass is 9.91. The molecule has 2 aliphatic rings. The van der Waals surface area contributed by atoms with Crippen LogP contribution in [0.5, 0.6) is 0 Å². The van der Waals surface area contributed by atoms with Crippen molar-refractivity contribution in [1.29, 1.82) is 0 Å². The van der Waals surface area contributed by atoms with Crippen LogP contribution in [0, 0.1) is 0 Å². The maximum absolute atomic E-state index is 12.8. The summed E-state index contributed by atoms with van der Waals surface area (Å²) >= 11 is 1.28. The predicted molar refractivity (Wildman–Crippen MR) is 76.1 cm³/mol. The molecule has 2 fully saturated rings. The van der Waals surface area contributed by atoms with Gasteiger partial charge in [0.25, 0.3) is 0 Å². The molecule has 0 spiro atoms. The van der Waals surface area contributed by atoms with Crippen LogP contribution in [0.1, 0.15) is 30.6 Å². The lowest BCUT2D eigenvalue weighted by molar-refractivity contribution is -0.0586. The number of nitrogens with zero attached hydrogens (tertiary/aromatic N) is 1. The van der Waals surface area contributed by atoms with Crippen molar-refractivity contribution in [2.24, 2.45) is 0 Å². The van der Waals surface area contributed by atoms with Gasteiger partial charge in [0.1, 0.15) is 0 Å². The van der Waals surface area contributed by atoms with Crippen LogP contribution in [0.15, 0.2) is 16.3 Å². The van der Waals surface area contributed by atoms with Gasteiger partial charge in [0, 0.05) is 11.4 Å². The second-order valence-electron chi connectivity index (χ2n) is 5.24. The van der Waals surface area contributed by atoms with Crippen LogP contribution in [0.25, 0.3) is 0 Å². The van der Waals surface area contributed by atoms with E-state index >= 15 is 0 Å². The van der Waals surface area contributed by atoms with Crippen molar-refractivity contribution in [3.05, 3.63) is 16.3 Å². The van der Waals surface area contributed by atoms with Crippen LogP contribution in [-0.2, 0) is 21.4 Å². The Hall–Kier alpha value is -0.470. The Morgan fingerprint density at radius 2 is 2.20 bits per heavy atom. The molecule has 20 heavy (non-hydrogen) atoms. The van der Waals surface area contributed by atoms with Crippen LogP contribution < -0.4 is 0 Å². The van der Waals surface area contributed by atoms with Crippen molar-refractivity contribution in [1.82, 2.24) is 4.31 Å². The van der Waals surface area contributed by atoms with Crippen molar-refractivity contribution in [3.63, 3.8) is 0 Å². The summed E-state index contributed by atoms with van der Waals surface area (Å²) in [6.07, 6.45) is 3.99. The summed E-state index contributed by atoms with van der Waals surface area (Å²) in [4.78, 5) is 0.778. The van der Waals surface area contributed by atoms with Gasteiger partial charge in [-0.3, -0.25) is 0 Å². The summed E-state index contributed by atoms with van der Waals surface area (Å²) in [5, 5.41) is 11.0. The number of thiophene rings is 1. The summed E-state index contributed by atoms with van der Waals surface area (Å²) in [6.45, 7) is 0.633. The van der Waals surface area contributed by atoms with E-state index in [2.05, 4.69) is 0 Å². The molecule has 7 heteroatoms. The molecule has 0 radical (unpaired) electrons. The fraction of sp³-hybridized carbons (Fsp3) is 0.692. The zero-order chi connectivity index (χ0) is 14.2. The fourth-order valence-electron chi connectivity index (χ4n) is 3.16. The Balaban J connectivity index is 1.93. The molecule has 1 aliphatic heterocycles. The average molecular weight is 317 g/mol. The number of rotatable bonds is 3. The molecule has 2 heterocycles. The number of ether oxygens (including phenoxy) is 1. The molecule has 3 rings (SSSR count). The molecular formula is C13H19NO4S2. The summed E-state index contributed by atoms with van der Waals surface area (Å²) in [7, 11) is -3.53. The Bertz CT molecular complexity index is 567. The second-order valence-corrected chi connectivity index (χ2v) is 8.10. The maximum atomic E-state index is 12.8. The van der Waals surface area contributed by atoms with Crippen molar-refractivity contribution in [2.45, 2.75) is 49.3 Å². The lowest BCUT2D eigenvalue weighted by Gasteiger charge is -2.42. The Kier molecular flexibility index (Phi) is 4.14. The molecule has 0 bridgehead atoms. The Morgan fingerprint density at radius 3 is 3.00 bits per heavy atom. The van der Waals surface area contributed by atoms with Gasteiger partial charge in [-0.2, -0.15) is 4.31 Å². The molecule has 1 saturated carbocycles. The van der Waals surface area contributed by atoms with Gasteiger partial charge in [0.2, 0.25) is 10.0 Å². The Labute approximate surface area is 123 Å². The first-order chi connectivity index (χ1) is 9.64. The first-order valence-corrected chi connectivity index (χ1v) is 9.27. The zero-order valence-corrected chi connectivity index (χ0v) is 12.8. The van der Waals surface area contributed by atoms with Crippen LogP contribution >= 0.6 is 11.3 Å². The number of fused-ring (bicyclic) bond motifs is 1. The highest BCUT2D eigenvalue weighted by molar-refractivity contribution is 7.89. The summed E-state index contributed by atoms with van der Waals surface area (Å²) < 4.78 is 33.0. The van der Waals surface area contributed by atoms with E-state index in [1.807, 2.05) is 0 Å². The largest absolute Gasteiger partial charge is 0.391 e. The third-order valence-corrected chi connectivity index (χ3v) is 7.16. The average Bonchev–Trinajstić information content (AvgIpc) is 2.96. The summed E-state index contributed by atoms with van der Waals surface area (Å²) in [6, 6.07) is 1.55. The minimum Gasteiger partial charge on any atom is -0.391 e. The lowest BCUT2D eigenvalue weighted by Crippen LogP contribution is -2.54. The SMILES string of the molecule is O=S(=O)(c1ccsc1CO)N1CCOC2CCCCC21. The van der Waals surface area contributed by atoms with Crippen molar-refractivity contribution >= 4 is 21.4 Å². The standard InChI is InChI=1S/C13H19NO4S2/c15-9-12-13(5-8-19-12)20(16,17)14-6-7-18-11-4-2-1-3-10(11)14/h5,8,10-11,15H,1-4,6-7,9H2. The van der Waals surface area contributed by atoms with Crippen molar-refractivity contribution in [3.8, 4) is 0 Å². The predicted octanol–water partition coefficient (Wildman–Crippen LogP) is 1.57. The van der Waals surface area contributed by atoms with Crippen LogP contribution in [0.3, 0.4) is 0 Å². The molecular weight excluding hydrogens is 298 g/mol. The maximum Gasteiger partial charge on any atom is 0.244 e. The molecule has 1 aromatic heterocycles. The molecule has 0 amide bonds. The van der Waals surface area contributed by atoms with Crippen LogP contribution in [0.2, 0.25) is 0 Å². The smallest absolute Gasteiger partial charge is 0.244 e. The van der Waals surface area contributed by atoms with E-state index < -0.39 is 10.0 Å². The molecule has 0 aromatic carbocycles. The highest BCUT2D eigenvalue weighted by Gasteiger charge is 2.41. The van der Waals surface area contributed by atoms with Gasteiger partial charge in [-0.15, -0.1) is 11.3 Å². The topological polar surface area (TPSA) is 66.8 Å². The van der Waals surface area contributed by atoms with Crippen molar-refractivity contribution in [2.75, 3.05) is 13.2 Å². The second kappa shape index (κ2) is 5.73. The number of aliphatic hydroxyl groups is 1. The molecule has 1 aliphatic carbocycles. The molecule has 1 aromatic rings. The van der Waals surface area contributed by atoms with E-state index in [0.29, 0.717) is 18.0 Å². The van der Waals surface area contributed by atoms with E-state index in [9.17, 15) is 13.5 Å². The summed E-state index contributed by atoms with van der Waals surface area (Å²) in [5.41, 5.74) is 0. The number of morpholine rings is 1. The molecule has 2 unspecified atom stereocenters. The van der Waals surface area contributed by atoms with E-state index in [1.165, 1.54) is 11.3 Å². The van der Waals surface area contributed by atoms with Gasteiger partial charge < -0.3 is 9.84 Å². The monoisotopic (exact) mass is 317 g/mol. The molecule has 1 saturated heterocycles. The number of aliphatic hydroxyl groups excluding tert-OH is 1. The van der Waals surface area contributed by atoms with E-state index in [4.69, 9.17) is 4.74 Å². The Morgan fingerprint density at radius 1 is 1.40 bits per heavy atom. The van der Waals surface area contributed by atoms with E-state index in [0.717, 1.165) is 25.7 Å². The third kappa shape index (κ3) is 2.42. The van der Waals surface area contributed by atoms with E-state index in [-0.39, 0.29) is 23.6 Å². The number of sulfonamides is 1. The molecule has 1 N–H and O–H groups in total. The van der Waals surface area contributed by atoms with E-state index in [1.54, 1.807) is 15.8 Å². The van der Waals surface area contributed by atoms with Gasteiger partial charge in [0.15, 0.2) is 0 Å². The first-order valence-electron chi connectivity index (χ1n) is 6.95. The van der Waals surface area contributed by atoms with Crippen LogP contribution in [-0.4, -0.2) is 43.1 Å². The molecule has 5 nitrogen and oxygen atoms in total. The number of hydrogen-bond donors (Lipinski definition) is 1. The van der Waals surface area contributed by atoms with Crippen LogP contribution in [0.4, 0.5) is 0 Å². The number of hydrogen-bond acceptors (Lipinski definition) is 5. The van der Waals surface area contributed by atoms with Gasteiger partial charge >= 0.3 is 0 Å². The molecule has 112 valence electrons. The zero-order valence-electron chi connectivity index (χ0n) is 11.2. The van der Waals surface area contributed by atoms with Gasteiger partial charge in [-0.25, -0.2) is 8.42 Å². The fourth-order valence-corrected chi connectivity index (χ4v) is 6.09. The highest BCUT2D eigenvalue weighted by atomic mass is 32.2. The van der Waals surface area contributed by atoms with Gasteiger partial charge in [0.05, 0.1) is 30.3 Å². The normalized spacial score (nSPS) is 28.2. The van der Waals surface area contributed by atoms with Gasteiger partial charge in [-0.1, -0.05) is 12.8 Å². The third-order valence-electron chi connectivity index (χ3n) is 4.12. The minimum absolute atomic E-state index is 0.0310. The van der Waals surface area contributed by atoms with Gasteiger partial charge in [-0.05, 0) is 24.3 Å². The highest BCUT2D eigenvalue weighted by Crippen LogP contribution is 2.34. The van der Waals surface area contributed by atoms with Crippen molar-refractivity contribution < 1.29 is 18.3 Å². The quantitative estimate of drug-likeness (QED) is 0.919.